The van der Waals surface area contributed by atoms with Crippen LogP contribution in [0.15, 0.2) is 53.3 Å². The van der Waals surface area contributed by atoms with E-state index in [0.717, 1.165) is 5.56 Å². The molecule has 0 saturated carbocycles. The lowest BCUT2D eigenvalue weighted by Gasteiger charge is -2.25. The maximum atomic E-state index is 12.4. The molecule has 0 saturated heterocycles. The van der Waals surface area contributed by atoms with Gasteiger partial charge in [0, 0.05) is 7.05 Å². The molecular formula is C19H19N3O3. The molecular weight excluding hydrogens is 318 g/mol. The van der Waals surface area contributed by atoms with Crippen LogP contribution in [0.3, 0.4) is 0 Å². The lowest BCUT2D eigenvalue weighted by Crippen LogP contribution is -2.29. The molecule has 3 aromatic rings. The number of H-pyrrole nitrogens is 1. The minimum atomic E-state index is -0.442. The van der Waals surface area contributed by atoms with E-state index in [1.54, 1.807) is 18.2 Å². The molecule has 0 amide bonds. The van der Waals surface area contributed by atoms with Gasteiger partial charge in [0.1, 0.15) is 0 Å². The zero-order valence-electron chi connectivity index (χ0n) is 14.3. The molecule has 1 atom stereocenters. The Morgan fingerprint density at radius 1 is 1.20 bits per heavy atom. The highest BCUT2D eigenvalue weighted by Crippen LogP contribution is 2.22. The van der Waals surface area contributed by atoms with Crippen LogP contribution in [-0.2, 0) is 4.74 Å². The molecule has 0 radical (unpaired) electrons. The summed E-state index contributed by atoms with van der Waals surface area (Å²) in [5.41, 5.74) is 2.30. The molecule has 2 aromatic carbocycles. The Hall–Kier alpha value is -3.15. The highest BCUT2D eigenvalue weighted by Gasteiger charge is 2.17. The van der Waals surface area contributed by atoms with Crippen molar-refractivity contribution < 1.29 is 9.53 Å². The second-order valence-electron chi connectivity index (χ2n) is 5.81. The predicted octanol–water partition coefficient (Wildman–Crippen LogP) is 2.91. The van der Waals surface area contributed by atoms with E-state index in [1.165, 1.54) is 7.11 Å². The zero-order chi connectivity index (χ0) is 18.0. The first-order valence-electron chi connectivity index (χ1n) is 7.91. The molecule has 25 heavy (non-hydrogen) atoms. The number of aromatic amines is 1. The van der Waals surface area contributed by atoms with E-state index in [0.29, 0.717) is 22.4 Å². The number of carbonyl (C=O) groups excluding carboxylic acids is 1. The lowest BCUT2D eigenvalue weighted by atomic mass is 10.1. The number of fused-ring (bicyclic) bond motifs is 1. The number of anilines is 1. The molecule has 0 aliphatic carbocycles. The molecule has 6 nitrogen and oxygen atoms in total. The van der Waals surface area contributed by atoms with Gasteiger partial charge in [-0.1, -0.05) is 30.3 Å². The summed E-state index contributed by atoms with van der Waals surface area (Å²) in [5, 5.41) is 0. The molecule has 6 heteroatoms. The summed E-state index contributed by atoms with van der Waals surface area (Å²) >= 11 is 0. The van der Waals surface area contributed by atoms with E-state index < -0.39 is 5.97 Å². The van der Waals surface area contributed by atoms with E-state index >= 15 is 0 Å². The van der Waals surface area contributed by atoms with Crippen LogP contribution in [0.4, 0.5) is 5.82 Å². The van der Waals surface area contributed by atoms with Crippen LogP contribution in [0, 0.1) is 0 Å². The first kappa shape index (κ1) is 16.7. The molecule has 1 heterocycles. The van der Waals surface area contributed by atoms with Gasteiger partial charge in [-0.05, 0) is 30.7 Å². The third-order valence-electron chi connectivity index (χ3n) is 4.29. The van der Waals surface area contributed by atoms with Crippen LogP contribution in [0.25, 0.3) is 11.0 Å². The van der Waals surface area contributed by atoms with Crippen LogP contribution in [0.5, 0.6) is 0 Å². The van der Waals surface area contributed by atoms with E-state index in [9.17, 15) is 9.59 Å². The van der Waals surface area contributed by atoms with Gasteiger partial charge in [-0.15, -0.1) is 0 Å². The summed E-state index contributed by atoms with van der Waals surface area (Å²) in [4.78, 5) is 33.2. The summed E-state index contributed by atoms with van der Waals surface area (Å²) in [5.74, 6) is -0.145. The van der Waals surface area contributed by atoms with E-state index in [-0.39, 0.29) is 11.6 Å². The van der Waals surface area contributed by atoms with E-state index in [2.05, 4.69) is 9.97 Å². The van der Waals surface area contributed by atoms with Gasteiger partial charge in [-0.25, -0.2) is 9.78 Å². The number of hydrogen-bond donors (Lipinski definition) is 1. The summed E-state index contributed by atoms with van der Waals surface area (Å²) in [6, 6.07) is 14.7. The molecule has 0 aliphatic rings. The van der Waals surface area contributed by atoms with Crippen molar-refractivity contribution in [2.75, 3.05) is 19.1 Å². The Morgan fingerprint density at radius 3 is 2.60 bits per heavy atom. The van der Waals surface area contributed by atoms with Crippen molar-refractivity contribution in [1.82, 2.24) is 9.97 Å². The molecule has 0 spiro atoms. The predicted molar refractivity (Wildman–Crippen MR) is 97.0 cm³/mol. The fraction of sp³-hybridized carbons (Fsp3) is 0.211. The third kappa shape index (κ3) is 3.24. The minimum Gasteiger partial charge on any atom is -0.465 e. The maximum absolute atomic E-state index is 12.4. The van der Waals surface area contributed by atoms with Crippen molar-refractivity contribution in [3.05, 3.63) is 70.0 Å². The second-order valence-corrected chi connectivity index (χ2v) is 5.81. The third-order valence-corrected chi connectivity index (χ3v) is 4.29. The van der Waals surface area contributed by atoms with Crippen molar-refractivity contribution in [3.8, 4) is 0 Å². The van der Waals surface area contributed by atoms with Crippen LogP contribution in [-0.4, -0.2) is 30.1 Å². The molecule has 128 valence electrons. The average molecular weight is 337 g/mol. The summed E-state index contributed by atoms with van der Waals surface area (Å²) in [7, 11) is 3.15. The van der Waals surface area contributed by atoms with Crippen molar-refractivity contribution in [3.63, 3.8) is 0 Å². The summed E-state index contributed by atoms with van der Waals surface area (Å²) in [6.45, 7) is 2.01. The number of nitrogens with one attached hydrogen (secondary N) is 1. The quantitative estimate of drug-likeness (QED) is 0.741. The Kier molecular flexibility index (Phi) is 4.52. The molecule has 1 unspecified atom stereocenters. The molecule has 0 fully saturated rings. The monoisotopic (exact) mass is 337 g/mol. The van der Waals surface area contributed by atoms with Gasteiger partial charge in [0.05, 0.1) is 29.7 Å². The number of nitrogens with zero attached hydrogens (tertiary/aromatic N) is 2. The summed E-state index contributed by atoms with van der Waals surface area (Å²) < 4.78 is 4.73. The first-order valence-corrected chi connectivity index (χ1v) is 7.91. The van der Waals surface area contributed by atoms with Gasteiger partial charge in [-0.3, -0.25) is 4.79 Å². The van der Waals surface area contributed by atoms with Crippen LogP contribution < -0.4 is 10.5 Å². The average Bonchev–Trinajstić information content (AvgIpc) is 2.66. The van der Waals surface area contributed by atoms with Crippen molar-refractivity contribution >= 4 is 22.8 Å². The summed E-state index contributed by atoms with van der Waals surface area (Å²) in [6.07, 6.45) is 0. The largest absolute Gasteiger partial charge is 0.465 e. The number of hydrogen-bond acceptors (Lipinski definition) is 5. The SMILES string of the molecule is COC(=O)c1ccc2[nH]c(=O)c(N(C)C(C)c3ccccc3)nc2c1. The maximum Gasteiger partial charge on any atom is 0.337 e. The van der Waals surface area contributed by atoms with Crippen LogP contribution in [0.2, 0.25) is 0 Å². The normalized spacial score (nSPS) is 12.0. The number of rotatable bonds is 4. The topological polar surface area (TPSA) is 75.3 Å². The number of carbonyl (C=O) groups is 1. The van der Waals surface area contributed by atoms with Crippen molar-refractivity contribution in [2.45, 2.75) is 13.0 Å². The number of ether oxygens (including phenoxy) is 1. The van der Waals surface area contributed by atoms with E-state index in [1.807, 2.05) is 49.2 Å². The van der Waals surface area contributed by atoms with Crippen molar-refractivity contribution in [2.24, 2.45) is 0 Å². The molecule has 0 aliphatic heterocycles. The molecule has 3 rings (SSSR count). The number of aromatic nitrogens is 2. The Balaban J connectivity index is 2.04. The Labute approximate surface area is 145 Å². The van der Waals surface area contributed by atoms with Crippen LogP contribution in [0.1, 0.15) is 28.9 Å². The first-order chi connectivity index (χ1) is 12.0. The molecule has 1 aromatic heterocycles. The van der Waals surface area contributed by atoms with Crippen molar-refractivity contribution in [1.29, 1.82) is 0 Å². The van der Waals surface area contributed by atoms with Gasteiger partial charge >= 0.3 is 5.97 Å². The lowest BCUT2D eigenvalue weighted by molar-refractivity contribution is 0.0601. The molecule has 0 bridgehead atoms. The highest BCUT2D eigenvalue weighted by molar-refractivity contribution is 5.93. The number of methoxy groups -OCH3 is 1. The molecule has 1 N–H and O–H groups in total. The number of benzene rings is 2. The van der Waals surface area contributed by atoms with E-state index in [4.69, 9.17) is 4.74 Å². The smallest absolute Gasteiger partial charge is 0.337 e. The number of esters is 1. The standard InChI is InChI=1S/C19H19N3O3/c1-12(13-7-5-4-6-8-13)22(2)17-18(23)21-15-10-9-14(19(24)25-3)11-16(15)20-17/h4-12H,1-3H3,(H,21,23). The van der Waals surface area contributed by atoms with Gasteiger partial charge in [0.15, 0.2) is 5.82 Å². The zero-order valence-corrected chi connectivity index (χ0v) is 14.3. The fourth-order valence-corrected chi connectivity index (χ4v) is 2.70. The van der Waals surface area contributed by atoms with Gasteiger partial charge < -0.3 is 14.6 Å². The fourth-order valence-electron chi connectivity index (χ4n) is 2.70. The van der Waals surface area contributed by atoms with Gasteiger partial charge in [0.2, 0.25) is 0 Å². The highest BCUT2D eigenvalue weighted by atomic mass is 16.5. The second kappa shape index (κ2) is 6.76. The van der Waals surface area contributed by atoms with Crippen LogP contribution >= 0.6 is 0 Å². The Morgan fingerprint density at radius 2 is 1.92 bits per heavy atom. The minimum absolute atomic E-state index is 0.0314. The van der Waals surface area contributed by atoms with Gasteiger partial charge in [0.25, 0.3) is 5.56 Å². The Bertz CT molecular complexity index is 967. The van der Waals surface area contributed by atoms with Gasteiger partial charge in [-0.2, -0.15) is 0 Å².